The molecular weight excluding hydrogens is 372 g/mol. The summed E-state index contributed by atoms with van der Waals surface area (Å²) in [4.78, 5) is 25.2. The summed E-state index contributed by atoms with van der Waals surface area (Å²) in [7, 11) is 0. The van der Waals surface area contributed by atoms with E-state index in [-0.39, 0.29) is 11.7 Å². The Bertz CT molecular complexity index is 1010. The smallest absolute Gasteiger partial charge is 0.236 e. The first-order valence-electron chi connectivity index (χ1n) is 8.80. The fourth-order valence-electron chi connectivity index (χ4n) is 3.24. The quantitative estimate of drug-likeness (QED) is 0.642. The van der Waals surface area contributed by atoms with Crippen molar-refractivity contribution in [3.8, 4) is 11.5 Å². The van der Waals surface area contributed by atoms with Gasteiger partial charge in [0.15, 0.2) is 0 Å². The molecule has 0 fully saturated rings. The van der Waals surface area contributed by atoms with Crippen LogP contribution in [0.15, 0.2) is 77.7 Å². The number of nitrogens with one attached hydrogen (secondary N) is 1. The average Bonchev–Trinajstić information content (AvgIpc) is 2.71. The topological polar surface area (TPSA) is 81.4 Å². The van der Waals surface area contributed by atoms with E-state index >= 15 is 0 Å². The maximum Gasteiger partial charge on any atom is 0.236 e. The monoisotopic (exact) mass is 390 g/mol. The lowest BCUT2D eigenvalue weighted by atomic mass is 9.87. The van der Waals surface area contributed by atoms with E-state index in [0.717, 1.165) is 16.0 Å². The Morgan fingerprint density at radius 2 is 1.46 bits per heavy atom. The van der Waals surface area contributed by atoms with Crippen molar-refractivity contribution >= 4 is 29.3 Å². The number of para-hydroxylation sites is 3. The highest BCUT2D eigenvalue weighted by Crippen LogP contribution is 2.44. The first kappa shape index (κ1) is 18.1. The summed E-state index contributed by atoms with van der Waals surface area (Å²) in [5, 5.41) is 3.02. The third-order valence-corrected chi connectivity index (χ3v) is 5.55. The van der Waals surface area contributed by atoms with Crippen molar-refractivity contribution in [2.45, 2.75) is 10.8 Å². The second kappa shape index (κ2) is 7.78. The van der Waals surface area contributed by atoms with Crippen LogP contribution in [0.5, 0.6) is 11.5 Å². The van der Waals surface area contributed by atoms with Crippen LogP contribution in [-0.2, 0) is 9.59 Å². The van der Waals surface area contributed by atoms with E-state index in [0.29, 0.717) is 17.2 Å². The summed E-state index contributed by atoms with van der Waals surface area (Å²) in [5.41, 5.74) is 7.55. The Morgan fingerprint density at radius 1 is 0.893 bits per heavy atom. The van der Waals surface area contributed by atoms with Crippen LogP contribution in [0.3, 0.4) is 0 Å². The number of carbonyl (C=O) groups excluding carboxylic acids is 2. The fourth-order valence-corrected chi connectivity index (χ4v) is 3.99. The molecule has 2 amide bonds. The molecule has 3 aromatic carbocycles. The number of hydrogen-bond donors (Lipinski definition) is 2. The number of carbonyl (C=O) groups is 2. The molecule has 0 aliphatic carbocycles. The summed E-state index contributed by atoms with van der Waals surface area (Å²) in [6.45, 7) is 0. The van der Waals surface area contributed by atoms with Gasteiger partial charge in [0.1, 0.15) is 11.5 Å². The van der Waals surface area contributed by atoms with Crippen LogP contribution in [0.4, 0.5) is 5.69 Å². The zero-order valence-corrected chi connectivity index (χ0v) is 15.7. The number of primary amides is 1. The van der Waals surface area contributed by atoms with Crippen molar-refractivity contribution in [3.63, 3.8) is 0 Å². The molecule has 0 radical (unpaired) electrons. The Morgan fingerprint density at radius 3 is 2.11 bits per heavy atom. The molecule has 0 atom stereocenters. The molecule has 1 aliphatic heterocycles. The van der Waals surface area contributed by atoms with Gasteiger partial charge in [-0.2, -0.15) is 0 Å². The Balaban J connectivity index is 1.67. The summed E-state index contributed by atoms with van der Waals surface area (Å²) in [6, 6.07) is 22.5. The van der Waals surface area contributed by atoms with Gasteiger partial charge in [0.05, 0.1) is 17.4 Å². The predicted molar refractivity (Wildman–Crippen MR) is 110 cm³/mol. The maximum atomic E-state index is 13.3. The van der Waals surface area contributed by atoms with Crippen LogP contribution in [0.25, 0.3) is 0 Å². The van der Waals surface area contributed by atoms with Crippen molar-refractivity contribution in [1.29, 1.82) is 0 Å². The molecule has 5 nitrogen and oxygen atoms in total. The van der Waals surface area contributed by atoms with Gasteiger partial charge in [-0.25, -0.2) is 0 Å². The number of nitrogens with two attached hydrogens (primary N) is 1. The minimum absolute atomic E-state index is 0.149. The molecule has 140 valence electrons. The van der Waals surface area contributed by atoms with Crippen molar-refractivity contribution in [1.82, 2.24) is 0 Å². The molecular formula is C22H18N2O3S. The van der Waals surface area contributed by atoms with E-state index in [9.17, 15) is 9.59 Å². The zero-order valence-electron chi connectivity index (χ0n) is 14.9. The zero-order chi connectivity index (χ0) is 19.5. The molecule has 28 heavy (non-hydrogen) atoms. The van der Waals surface area contributed by atoms with Gasteiger partial charge in [0, 0.05) is 16.0 Å². The standard InChI is InChI=1S/C22H18N2O3S/c23-20(25)13-28-19-12-6-3-9-16(19)24-22(26)21-14-7-1-4-10-17(14)27-18-11-5-2-8-15(18)21/h1-12,21H,13H2,(H2,23,25)(H,24,26). The molecule has 0 saturated heterocycles. The lowest BCUT2D eigenvalue weighted by Crippen LogP contribution is -2.25. The van der Waals surface area contributed by atoms with Crippen LogP contribution < -0.4 is 15.8 Å². The van der Waals surface area contributed by atoms with Gasteiger partial charge in [-0.3, -0.25) is 9.59 Å². The SMILES string of the molecule is NC(=O)CSc1ccccc1NC(=O)C1c2ccccc2Oc2ccccc21. The van der Waals surface area contributed by atoms with E-state index in [4.69, 9.17) is 10.5 Å². The van der Waals surface area contributed by atoms with Gasteiger partial charge in [-0.15, -0.1) is 11.8 Å². The first-order chi connectivity index (χ1) is 13.6. The van der Waals surface area contributed by atoms with Crippen molar-refractivity contribution in [2.24, 2.45) is 5.73 Å². The van der Waals surface area contributed by atoms with Crippen molar-refractivity contribution in [3.05, 3.63) is 83.9 Å². The van der Waals surface area contributed by atoms with Gasteiger partial charge in [-0.05, 0) is 24.3 Å². The fraction of sp³-hybridized carbons (Fsp3) is 0.0909. The lowest BCUT2D eigenvalue weighted by molar-refractivity contribution is -0.117. The van der Waals surface area contributed by atoms with Gasteiger partial charge in [0.2, 0.25) is 11.8 Å². The lowest BCUT2D eigenvalue weighted by Gasteiger charge is -2.27. The molecule has 0 bridgehead atoms. The number of thioether (sulfide) groups is 1. The molecule has 6 heteroatoms. The average molecular weight is 390 g/mol. The second-order valence-electron chi connectivity index (χ2n) is 6.35. The number of ether oxygens (including phenoxy) is 1. The molecule has 0 unspecified atom stereocenters. The molecule has 3 N–H and O–H groups in total. The summed E-state index contributed by atoms with van der Waals surface area (Å²) in [5.74, 6) is 0.454. The van der Waals surface area contributed by atoms with E-state index < -0.39 is 11.8 Å². The molecule has 4 rings (SSSR count). The highest BCUT2D eigenvalue weighted by Gasteiger charge is 2.32. The van der Waals surface area contributed by atoms with E-state index in [1.807, 2.05) is 72.8 Å². The van der Waals surface area contributed by atoms with Crippen molar-refractivity contribution < 1.29 is 14.3 Å². The molecule has 1 aliphatic rings. The third kappa shape index (κ3) is 3.59. The third-order valence-electron chi connectivity index (χ3n) is 4.46. The first-order valence-corrected chi connectivity index (χ1v) is 9.79. The summed E-state index contributed by atoms with van der Waals surface area (Å²) in [6.07, 6.45) is 0. The summed E-state index contributed by atoms with van der Waals surface area (Å²) < 4.78 is 5.96. The van der Waals surface area contributed by atoms with Gasteiger partial charge in [-0.1, -0.05) is 48.5 Å². The molecule has 0 spiro atoms. The number of hydrogen-bond acceptors (Lipinski definition) is 4. The van der Waals surface area contributed by atoms with Crippen LogP contribution >= 0.6 is 11.8 Å². The molecule has 1 heterocycles. The van der Waals surface area contributed by atoms with Crippen LogP contribution in [0.2, 0.25) is 0 Å². The Kier molecular flexibility index (Phi) is 5.04. The van der Waals surface area contributed by atoms with Crippen LogP contribution in [0, 0.1) is 0 Å². The van der Waals surface area contributed by atoms with Crippen LogP contribution in [-0.4, -0.2) is 17.6 Å². The van der Waals surface area contributed by atoms with Crippen molar-refractivity contribution in [2.75, 3.05) is 11.1 Å². The maximum absolute atomic E-state index is 13.3. The molecule has 0 aromatic heterocycles. The number of benzene rings is 3. The minimum Gasteiger partial charge on any atom is -0.457 e. The Labute approximate surface area is 166 Å². The van der Waals surface area contributed by atoms with E-state index in [1.54, 1.807) is 0 Å². The molecule has 3 aromatic rings. The largest absolute Gasteiger partial charge is 0.457 e. The van der Waals surface area contributed by atoms with E-state index in [1.165, 1.54) is 11.8 Å². The number of amides is 2. The summed E-state index contributed by atoms with van der Waals surface area (Å²) >= 11 is 1.30. The van der Waals surface area contributed by atoms with Gasteiger partial charge in [0.25, 0.3) is 0 Å². The highest BCUT2D eigenvalue weighted by molar-refractivity contribution is 8.00. The van der Waals surface area contributed by atoms with Crippen LogP contribution in [0.1, 0.15) is 17.0 Å². The second-order valence-corrected chi connectivity index (χ2v) is 7.37. The Hall–Kier alpha value is -3.25. The number of rotatable bonds is 5. The van der Waals surface area contributed by atoms with Gasteiger partial charge < -0.3 is 15.8 Å². The normalized spacial score (nSPS) is 12.4. The minimum atomic E-state index is -0.490. The van der Waals surface area contributed by atoms with Gasteiger partial charge >= 0.3 is 0 Å². The molecule has 0 saturated carbocycles. The number of fused-ring (bicyclic) bond motifs is 2. The number of anilines is 1. The van der Waals surface area contributed by atoms with E-state index in [2.05, 4.69) is 5.32 Å². The predicted octanol–water partition coefficient (Wildman–Crippen LogP) is 4.14. The highest BCUT2D eigenvalue weighted by atomic mass is 32.2.